The van der Waals surface area contributed by atoms with Crippen molar-refractivity contribution >= 4 is 33.4 Å². The molecule has 0 spiro atoms. The maximum absolute atomic E-state index is 12.7. The van der Waals surface area contributed by atoms with Gasteiger partial charge >= 0.3 is 0 Å². The van der Waals surface area contributed by atoms with Gasteiger partial charge in [-0.3, -0.25) is 19.4 Å². The van der Waals surface area contributed by atoms with Crippen LogP contribution >= 0.6 is 0 Å². The van der Waals surface area contributed by atoms with Gasteiger partial charge in [0.25, 0.3) is 5.91 Å². The van der Waals surface area contributed by atoms with Crippen LogP contribution in [0.15, 0.2) is 73.4 Å². The van der Waals surface area contributed by atoms with Crippen molar-refractivity contribution in [1.82, 2.24) is 24.7 Å². The Morgan fingerprint density at radius 3 is 2.62 bits per heavy atom. The van der Waals surface area contributed by atoms with E-state index in [0.717, 1.165) is 32.9 Å². The minimum atomic E-state index is -0.253. The summed E-state index contributed by atoms with van der Waals surface area (Å²) in [4.78, 5) is 25.8. The molecule has 0 unspecified atom stereocenters. The lowest BCUT2D eigenvalue weighted by molar-refractivity contribution is 0.102. The van der Waals surface area contributed by atoms with Crippen LogP contribution in [0.2, 0.25) is 0 Å². The highest BCUT2D eigenvalue weighted by atomic mass is 16.1. The molecule has 1 N–H and O–H groups in total. The number of fused-ring (bicyclic) bond motifs is 2. The van der Waals surface area contributed by atoms with Crippen molar-refractivity contribution in [3.8, 4) is 11.3 Å². The number of carbonyl (C=O) groups excluding carboxylic acids is 1. The van der Waals surface area contributed by atoms with Crippen LogP contribution in [-0.2, 0) is 7.05 Å². The summed E-state index contributed by atoms with van der Waals surface area (Å²) in [7, 11) is 1.86. The van der Waals surface area contributed by atoms with E-state index in [-0.39, 0.29) is 5.91 Å². The second-order valence-electron chi connectivity index (χ2n) is 6.76. The molecule has 140 valence electrons. The lowest BCUT2D eigenvalue weighted by Crippen LogP contribution is -2.13. The Morgan fingerprint density at radius 2 is 1.76 bits per heavy atom. The molecular weight excluding hydrogens is 364 g/mol. The SMILES string of the molecule is Cn1cc(-c2cc3cc(NC(=O)c4cnc5ccccc5c4)ncc3cn2)cn1. The van der Waals surface area contributed by atoms with Crippen molar-refractivity contribution in [1.29, 1.82) is 0 Å². The molecule has 29 heavy (non-hydrogen) atoms. The summed E-state index contributed by atoms with van der Waals surface area (Å²) in [5, 5.41) is 9.78. The molecule has 1 amide bonds. The van der Waals surface area contributed by atoms with Gasteiger partial charge in [0.05, 0.1) is 23.0 Å². The van der Waals surface area contributed by atoms with Crippen LogP contribution < -0.4 is 5.32 Å². The van der Waals surface area contributed by atoms with Crippen molar-refractivity contribution in [3.63, 3.8) is 0 Å². The number of nitrogens with one attached hydrogen (secondary N) is 1. The monoisotopic (exact) mass is 380 g/mol. The maximum atomic E-state index is 12.7. The Bertz CT molecular complexity index is 1370. The molecular formula is C22H16N6O. The first kappa shape index (κ1) is 17.0. The topological polar surface area (TPSA) is 85.6 Å². The first-order chi connectivity index (χ1) is 14.2. The fraction of sp³-hybridized carbons (Fsp3) is 0.0455. The number of amides is 1. The highest BCUT2D eigenvalue weighted by Gasteiger charge is 2.10. The molecule has 0 bridgehead atoms. The number of para-hydroxylation sites is 1. The molecule has 0 aliphatic heterocycles. The van der Waals surface area contributed by atoms with Gasteiger partial charge in [0.1, 0.15) is 5.82 Å². The van der Waals surface area contributed by atoms with E-state index in [2.05, 4.69) is 25.4 Å². The fourth-order valence-corrected chi connectivity index (χ4v) is 3.20. The first-order valence-corrected chi connectivity index (χ1v) is 9.07. The second-order valence-corrected chi connectivity index (χ2v) is 6.76. The highest BCUT2D eigenvalue weighted by molar-refractivity contribution is 6.06. The number of pyridine rings is 3. The van der Waals surface area contributed by atoms with Crippen molar-refractivity contribution in [2.45, 2.75) is 0 Å². The number of aromatic nitrogens is 5. The van der Waals surface area contributed by atoms with Crippen LogP contribution in [0.1, 0.15) is 10.4 Å². The zero-order chi connectivity index (χ0) is 19.8. The first-order valence-electron chi connectivity index (χ1n) is 9.07. The van der Waals surface area contributed by atoms with Crippen LogP contribution in [0, 0.1) is 0 Å². The van der Waals surface area contributed by atoms with E-state index in [1.807, 2.05) is 55.7 Å². The molecule has 0 saturated carbocycles. The summed E-state index contributed by atoms with van der Waals surface area (Å²) >= 11 is 0. The number of rotatable bonds is 3. The lowest BCUT2D eigenvalue weighted by atomic mass is 10.1. The average molecular weight is 380 g/mol. The van der Waals surface area contributed by atoms with Gasteiger partial charge in [-0.05, 0) is 29.7 Å². The number of hydrogen-bond acceptors (Lipinski definition) is 5. The third-order valence-corrected chi connectivity index (χ3v) is 4.70. The predicted molar refractivity (Wildman–Crippen MR) is 111 cm³/mol. The molecule has 0 aliphatic carbocycles. The average Bonchev–Trinajstić information content (AvgIpc) is 3.19. The maximum Gasteiger partial charge on any atom is 0.258 e. The van der Waals surface area contributed by atoms with E-state index in [1.165, 1.54) is 0 Å². The van der Waals surface area contributed by atoms with Crippen LogP contribution in [-0.4, -0.2) is 30.6 Å². The molecule has 0 radical (unpaired) electrons. The van der Waals surface area contributed by atoms with Crippen molar-refractivity contribution in [3.05, 3.63) is 79.0 Å². The van der Waals surface area contributed by atoms with E-state index in [9.17, 15) is 4.79 Å². The number of nitrogens with zero attached hydrogens (tertiary/aromatic N) is 5. The molecule has 5 aromatic rings. The zero-order valence-corrected chi connectivity index (χ0v) is 15.6. The Kier molecular flexibility index (Phi) is 3.98. The number of carbonyl (C=O) groups is 1. The minimum absolute atomic E-state index is 0.253. The highest BCUT2D eigenvalue weighted by Crippen LogP contribution is 2.23. The fourth-order valence-electron chi connectivity index (χ4n) is 3.20. The van der Waals surface area contributed by atoms with Gasteiger partial charge in [-0.15, -0.1) is 0 Å². The Labute approximate surface area is 166 Å². The molecule has 0 saturated heterocycles. The molecule has 4 heterocycles. The Hall–Kier alpha value is -4.13. The summed E-state index contributed by atoms with van der Waals surface area (Å²) in [6.45, 7) is 0. The third kappa shape index (κ3) is 3.29. The van der Waals surface area contributed by atoms with Crippen LogP contribution in [0.3, 0.4) is 0 Å². The molecule has 0 aliphatic rings. The molecule has 0 fully saturated rings. The summed E-state index contributed by atoms with van der Waals surface area (Å²) in [5.41, 5.74) is 3.08. The smallest absolute Gasteiger partial charge is 0.258 e. The summed E-state index contributed by atoms with van der Waals surface area (Å²) in [6, 6.07) is 13.3. The Morgan fingerprint density at radius 1 is 0.897 bits per heavy atom. The van der Waals surface area contributed by atoms with Crippen LogP contribution in [0.25, 0.3) is 32.9 Å². The van der Waals surface area contributed by atoms with E-state index in [4.69, 9.17) is 0 Å². The van der Waals surface area contributed by atoms with Gasteiger partial charge in [0, 0.05) is 48.2 Å². The van der Waals surface area contributed by atoms with E-state index in [1.54, 1.807) is 29.5 Å². The van der Waals surface area contributed by atoms with Gasteiger partial charge in [-0.25, -0.2) is 4.98 Å². The van der Waals surface area contributed by atoms with Gasteiger partial charge in [-0.1, -0.05) is 18.2 Å². The van der Waals surface area contributed by atoms with Gasteiger partial charge < -0.3 is 5.32 Å². The molecule has 5 rings (SSSR count). The largest absolute Gasteiger partial charge is 0.306 e. The number of aryl methyl sites for hydroxylation is 1. The molecule has 7 nitrogen and oxygen atoms in total. The lowest BCUT2D eigenvalue weighted by Gasteiger charge is -2.07. The van der Waals surface area contributed by atoms with Crippen molar-refractivity contribution in [2.75, 3.05) is 5.32 Å². The predicted octanol–water partition coefficient (Wildman–Crippen LogP) is 3.83. The Balaban J connectivity index is 1.45. The standard InChI is InChI=1S/C22H16N6O/c1-28-13-18(12-26-28)20-7-15-8-21(25-11-17(15)10-24-20)27-22(29)16-6-14-4-2-3-5-19(14)23-9-16/h2-13H,1H3,(H,25,27,29). The van der Waals surface area contributed by atoms with Crippen LogP contribution in [0.5, 0.6) is 0 Å². The molecule has 0 atom stereocenters. The van der Waals surface area contributed by atoms with E-state index >= 15 is 0 Å². The number of hydrogen-bond donors (Lipinski definition) is 1. The molecule has 7 heteroatoms. The molecule has 4 aromatic heterocycles. The normalized spacial score (nSPS) is 11.1. The van der Waals surface area contributed by atoms with Crippen molar-refractivity contribution in [2.24, 2.45) is 7.05 Å². The minimum Gasteiger partial charge on any atom is -0.306 e. The van der Waals surface area contributed by atoms with Crippen LogP contribution in [0.4, 0.5) is 5.82 Å². The van der Waals surface area contributed by atoms with Gasteiger partial charge in [0.2, 0.25) is 0 Å². The van der Waals surface area contributed by atoms with E-state index in [0.29, 0.717) is 11.4 Å². The van der Waals surface area contributed by atoms with Gasteiger partial charge in [-0.2, -0.15) is 5.10 Å². The zero-order valence-electron chi connectivity index (χ0n) is 15.6. The third-order valence-electron chi connectivity index (χ3n) is 4.70. The molecule has 1 aromatic carbocycles. The van der Waals surface area contributed by atoms with E-state index < -0.39 is 0 Å². The quantitative estimate of drug-likeness (QED) is 0.514. The second kappa shape index (κ2) is 6.79. The summed E-state index contributed by atoms with van der Waals surface area (Å²) in [5.74, 6) is 0.218. The van der Waals surface area contributed by atoms with Gasteiger partial charge in [0.15, 0.2) is 0 Å². The number of benzene rings is 1. The number of anilines is 1. The summed E-state index contributed by atoms with van der Waals surface area (Å²) < 4.78 is 1.73. The van der Waals surface area contributed by atoms with Crippen molar-refractivity contribution < 1.29 is 4.79 Å². The summed E-state index contributed by atoms with van der Waals surface area (Å²) in [6.07, 6.45) is 8.71.